The molecule has 0 rings (SSSR count). The molecule has 0 spiro atoms. The highest BCUT2D eigenvalue weighted by atomic mass is 31.0. The van der Waals surface area contributed by atoms with Crippen molar-refractivity contribution in [3.8, 4) is 0 Å². The first-order valence-electron chi connectivity index (χ1n) is 4.24. The first-order chi connectivity index (χ1) is 4.24. The molecule has 0 aromatic carbocycles. The first kappa shape index (κ1) is 30.1. The van der Waals surface area contributed by atoms with Crippen LogP contribution in [-0.4, -0.2) is 0 Å². The topological polar surface area (TPSA) is 0 Å². The summed E-state index contributed by atoms with van der Waals surface area (Å²) in [6.45, 7) is 12.8. The minimum Gasteiger partial charge on any atom is -0.153 e. The van der Waals surface area contributed by atoms with Gasteiger partial charge in [-0.3, -0.25) is 0 Å². The zero-order valence-corrected chi connectivity index (χ0v) is 10.2. The van der Waals surface area contributed by atoms with Crippen LogP contribution >= 0.6 is 9.90 Å². The fourth-order valence-corrected chi connectivity index (χ4v) is 0. The van der Waals surface area contributed by atoms with Gasteiger partial charge in [0.2, 0.25) is 0 Å². The molecule has 0 aromatic heterocycles. The second-order valence-corrected chi connectivity index (χ2v) is 2.12. The largest absolute Gasteiger partial charge is 0.153 e. The lowest BCUT2D eigenvalue weighted by Crippen LogP contribution is -1.27. The first-order valence-corrected chi connectivity index (χ1v) is 4.24. The molecule has 0 radical (unpaired) electrons. The van der Waals surface area contributed by atoms with Crippen LogP contribution in [-0.2, 0) is 0 Å². The Balaban J connectivity index is -0.0000000150. The number of hydrogen-bond donors (Lipinski definition) is 0. The predicted molar refractivity (Wildman–Crippen MR) is 65.7 cm³/mol. The smallest absolute Gasteiger partial charge is 0.0590 e. The Bertz CT molecular complexity index is 9.59. The van der Waals surface area contributed by atoms with Gasteiger partial charge in [-0.05, 0) is 0 Å². The predicted octanol–water partition coefficient (Wildman–Crippen LogP) is 4.94. The molecule has 0 N–H and O–H groups in total. The highest BCUT2D eigenvalue weighted by molar-refractivity contribution is 6.92. The quantitative estimate of drug-likeness (QED) is 0.465. The van der Waals surface area contributed by atoms with E-state index in [4.69, 9.17) is 0 Å². The Morgan fingerprint density at radius 1 is 0.545 bits per heavy atom. The average molecular weight is 182 g/mol. The van der Waals surface area contributed by atoms with Crippen molar-refractivity contribution in [3.63, 3.8) is 0 Å². The SMILES string of the molecule is C.CCC.CCC.CCC.P. The molecule has 0 amide bonds. The zero-order chi connectivity index (χ0) is 8.12. The summed E-state index contributed by atoms with van der Waals surface area (Å²) >= 11 is 0. The highest BCUT2D eigenvalue weighted by Gasteiger charge is 1.36. The fraction of sp³-hybridized carbons (Fsp3) is 1.00. The van der Waals surface area contributed by atoms with Gasteiger partial charge >= 0.3 is 0 Å². The van der Waals surface area contributed by atoms with Crippen LogP contribution in [0.3, 0.4) is 0 Å². The van der Waals surface area contributed by atoms with Crippen LogP contribution < -0.4 is 0 Å². The van der Waals surface area contributed by atoms with Crippen molar-refractivity contribution in [2.75, 3.05) is 0 Å². The molecule has 0 saturated heterocycles. The lowest BCUT2D eigenvalue weighted by atomic mass is 10.6. The minimum absolute atomic E-state index is 0. The molecule has 0 aliphatic carbocycles. The molecular weight excluding hydrogens is 151 g/mol. The molecule has 1 atom stereocenters. The number of rotatable bonds is 0. The molecule has 0 nitrogen and oxygen atoms in total. The summed E-state index contributed by atoms with van der Waals surface area (Å²) in [6, 6.07) is 0. The van der Waals surface area contributed by atoms with Crippen LogP contribution in [0.15, 0.2) is 0 Å². The van der Waals surface area contributed by atoms with E-state index in [-0.39, 0.29) is 17.3 Å². The van der Waals surface area contributed by atoms with E-state index in [1.54, 1.807) is 0 Å². The van der Waals surface area contributed by atoms with E-state index in [0.717, 1.165) is 0 Å². The third kappa shape index (κ3) is 4010. The maximum Gasteiger partial charge on any atom is -0.0590 e. The summed E-state index contributed by atoms with van der Waals surface area (Å²) in [5, 5.41) is 0. The van der Waals surface area contributed by atoms with Crippen molar-refractivity contribution in [1.82, 2.24) is 0 Å². The minimum atomic E-state index is 0. The van der Waals surface area contributed by atoms with Crippen LogP contribution in [0.2, 0.25) is 0 Å². The molecule has 0 saturated carbocycles. The van der Waals surface area contributed by atoms with Gasteiger partial charge in [0.25, 0.3) is 0 Å². The molecular formula is C10H31P. The van der Waals surface area contributed by atoms with Crippen LogP contribution in [0.25, 0.3) is 0 Å². The Morgan fingerprint density at radius 2 is 0.545 bits per heavy atom. The van der Waals surface area contributed by atoms with Gasteiger partial charge in [0, 0.05) is 0 Å². The van der Waals surface area contributed by atoms with Gasteiger partial charge in [-0.1, -0.05) is 68.2 Å². The molecule has 0 fully saturated rings. The van der Waals surface area contributed by atoms with Gasteiger partial charge in [0.15, 0.2) is 0 Å². The maximum absolute atomic E-state index is 2.12. The van der Waals surface area contributed by atoms with Crippen LogP contribution in [0.4, 0.5) is 0 Å². The lowest BCUT2D eigenvalue weighted by Gasteiger charge is -1.48. The van der Waals surface area contributed by atoms with E-state index in [9.17, 15) is 0 Å². The summed E-state index contributed by atoms with van der Waals surface area (Å²) < 4.78 is 0. The summed E-state index contributed by atoms with van der Waals surface area (Å²) in [4.78, 5) is 0. The molecule has 76 valence electrons. The van der Waals surface area contributed by atoms with Gasteiger partial charge < -0.3 is 0 Å². The molecule has 0 aliphatic heterocycles. The van der Waals surface area contributed by atoms with Gasteiger partial charge in [-0.2, -0.15) is 9.90 Å². The summed E-state index contributed by atoms with van der Waals surface area (Å²) in [5.41, 5.74) is 0. The molecule has 1 unspecified atom stereocenters. The van der Waals surface area contributed by atoms with E-state index in [1.807, 2.05) is 0 Å². The van der Waals surface area contributed by atoms with E-state index >= 15 is 0 Å². The van der Waals surface area contributed by atoms with E-state index in [1.165, 1.54) is 19.3 Å². The van der Waals surface area contributed by atoms with Crippen molar-refractivity contribution >= 4 is 9.90 Å². The van der Waals surface area contributed by atoms with Crippen molar-refractivity contribution < 1.29 is 0 Å². The van der Waals surface area contributed by atoms with Gasteiger partial charge in [0.1, 0.15) is 0 Å². The molecule has 0 bridgehead atoms. The van der Waals surface area contributed by atoms with Crippen molar-refractivity contribution in [3.05, 3.63) is 0 Å². The Hall–Kier alpha value is 0.430. The molecule has 0 aromatic rings. The second-order valence-electron chi connectivity index (χ2n) is 2.12. The van der Waals surface area contributed by atoms with E-state index < -0.39 is 0 Å². The third-order valence-electron chi connectivity index (χ3n) is 0. The van der Waals surface area contributed by atoms with Crippen LogP contribution in [0.5, 0.6) is 0 Å². The average Bonchev–Trinajstić information content (AvgIpc) is 1.70. The lowest BCUT2D eigenvalue weighted by molar-refractivity contribution is 1.09. The van der Waals surface area contributed by atoms with Crippen LogP contribution in [0.1, 0.15) is 68.2 Å². The third-order valence-corrected chi connectivity index (χ3v) is 0. The Morgan fingerprint density at radius 3 is 0.545 bits per heavy atom. The van der Waals surface area contributed by atoms with E-state index in [0.29, 0.717) is 0 Å². The van der Waals surface area contributed by atoms with Gasteiger partial charge in [-0.15, -0.1) is 0 Å². The number of hydrogen-bond acceptors (Lipinski definition) is 0. The van der Waals surface area contributed by atoms with Crippen molar-refractivity contribution in [2.24, 2.45) is 0 Å². The summed E-state index contributed by atoms with van der Waals surface area (Å²) in [7, 11) is 0. The van der Waals surface area contributed by atoms with Gasteiger partial charge in [0.05, 0.1) is 0 Å². The standard InChI is InChI=1S/3C3H8.CH4.H3P/c3*1-3-2;;/h3*3H2,1-2H3;1H4;1H3. The fourth-order valence-electron chi connectivity index (χ4n) is 0. The summed E-state index contributed by atoms with van der Waals surface area (Å²) in [6.07, 6.45) is 3.75. The molecule has 0 heterocycles. The highest BCUT2D eigenvalue weighted by Crippen LogP contribution is 1.56. The Labute approximate surface area is 78.8 Å². The normalized spacial score (nSPS) is 4.91. The van der Waals surface area contributed by atoms with Crippen molar-refractivity contribution in [1.29, 1.82) is 0 Å². The molecule has 11 heavy (non-hydrogen) atoms. The second kappa shape index (κ2) is 78.8. The van der Waals surface area contributed by atoms with Crippen molar-refractivity contribution in [2.45, 2.75) is 68.2 Å². The summed E-state index contributed by atoms with van der Waals surface area (Å²) in [5.74, 6) is 0. The molecule has 1 heteroatoms. The zero-order valence-electron chi connectivity index (χ0n) is 8.83. The maximum atomic E-state index is 2.12. The van der Waals surface area contributed by atoms with Crippen LogP contribution in [0, 0.1) is 0 Å². The monoisotopic (exact) mass is 182 g/mol. The van der Waals surface area contributed by atoms with E-state index in [2.05, 4.69) is 41.5 Å². The Kier molecular flexibility index (Phi) is 216. The molecule has 0 aliphatic rings. The van der Waals surface area contributed by atoms with Gasteiger partial charge in [-0.25, -0.2) is 0 Å².